The second-order valence-electron chi connectivity index (χ2n) is 9.45. The summed E-state index contributed by atoms with van der Waals surface area (Å²) in [4.78, 5) is 12.4. The van der Waals surface area contributed by atoms with Gasteiger partial charge in [0.2, 0.25) is 0 Å². The molecule has 3 rings (SSSR count). The molecule has 2 aliphatic heterocycles. The minimum atomic E-state index is -0.366. The Morgan fingerprint density at radius 1 is 1.27 bits per heavy atom. The van der Waals surface area contributed by atoms with Crippen LogP contribution in [0.3, 0.4) is 0 Å². The van der Waals surface area contributed by atoms with Crippen LogP contribution in [0.4, 0.5) is 4.79 Å². The number of amides is 1. The Hall–Kier alpha value is -1.15. The van der Waals surface area contributed by atoms with Gasteiger partial charge in [0.05, 0.1) is 18.6 Å². The first kappa shape index (κ1) is 23.5. The van der Waals surface area contributed by atoms with Gasteiger partial charge in [-0.15, -0.1) is 0 Å². The fourth-order valence-electron chi connectivity index (χ4n) is 5.06. The van der Waals surface area contributed by atoms with E-state index in [0.29, 0.717) is 6.54 Å². The van der Waals surface area contributed by atoms with Gasteiger partial charge in [-0.05, 0) is 59.4 Å². The van der Waals surface area contributed by atoms with Crippen molar-refractivity contribution in [1.29, 1.82) is 0 Å². The maximum Gasteiger partial charge on any atom is 0.407 e. The van der Waals surface area contributed by atoms with E-state index in [9.17, 15) is 4.79 Å². The van der Waals surface area contributed by atoms with Crippen molar-refractivity contribution in [2.75, 3.05) is 26.8 Å². The molecule has 1 spiro atoms. The molecule has 2 saturated heterocycles. The molecule has 3 N–H and O–H groups in total. The van der Waals surface area contributed by atoms with Crippen molar-refractivity contribution < 1.29 is 23.7 Å². The first-order valence-electron chi connectivity index (χ1n) is 11.5. The van der Waals surface area contributed by atoms with Gasteiger partial charge in [-0.2, -0.15) is 0 Å². The summed E-state index contributed by atoms with van der Waals surface area (Å²) in [6.07, 6.45) is 8.09. The number of hydrogen-bond donors (Lipinski definition) is 2. The van der Waals surface area contributed by atoms with Crippen LogP contribution in [0.15, 0.2) is 11.6 Å². The van der Waals surface area contributed by atoms with E-state index in [1.54, 1.807) is 7.11 Å². The summed E-state index contributed by atoms with van der Waals surface area (Å²) in [5, 5.41) is 2.88. The lowest BCUT2D eigenvalue weighted by atomic mass is 9.68. The number of ether oxygens (including phenoxy) is 4. The van der Waals surface area contributed by atoms with E-state index < -0.39 is 0 Å². The fraction of sp³-hybridized carbons (Fsp3) is 0.870. The van der Waals surface area contributed by atoms with E-state index in [-0.39, 0.29) is 41.5 Å². The predicted octanol–water partition coefficient (Wildman–Crippen LogP) is 3.31. The number of epoxide rings is 2. The third kappa shape index (κ3) is 5.36. The quantitative estimate of drug-likeness (QED) is 0.300. The topological polar surface area (TPSA) is 98.6 Å². The van der Waals surface area contributed by atoms with Crippen LogP contribution < -0.4 is 11.1 Å². The van der Waals surface area contributed by atoms with Crippen LogP contribution in [-0.2, 0) is 18.9 Å². The summed E-state index contributed by atoms with van der Waals surface area (Å²) in [6.45, 7) is 8.43. The maximum absolute atomic E-state index is 12.4. The molecule has 0 aromatic rings. The molecule has 7 heteroatoms. The monoisotopic (exact) mass is 424 g/mol. The number of allylic oxidation sites excluding steroid dienone is 1. The Kier molecular flexibility index (Phi) is 7.82. The van der Waals surface area contributed by atoms with Crippen molar-refractivity contribution in [1.82, 2.24) is 5.32 Å². The molecule has 3 unspecified atom stereocenters. The number of alkyl carbamates (subject to hydrolysis) is 1. The van der Waals surface area contributed by atoms with Crippen LogP contribution in [0, 0.1) is 5.92 Å². The van der Waals surface area contributed by atoms with E-state index >= 15 is 0 Å². The van der Waals surface area contributed by atoms with Crippen molar-refractivity contribution in [2.45, 2.75) is 95.2 Å². The van der Waals surface area contributed by atoms with E-state index in [1.165, 1.54) is 5.57 Å². The minimum absolute atomic E-state index is 0.0494. The fourth-order valence-corrected chi connectivity index (χ4v) is 5.06. The van der Waals surface area contributed by atoms with Gasteiger partial charge in [0, 0.05) is 13.7 Å². The summed E-state index contributed by atoms with van der Waals surface area (Å²) in [7, 11) is 1.70. The highest BCUT2D eigenvalue weighted by molar-refractivity contribution is 5.67. The van der Waals surface area contributed by atoms with Gasteiger partial charge in [0.25, 0.3) is 0 Å². The minimum Gasteiger partial charge on any atom is -0.443 e. The maximum atomic E-state index is 12.4. The standard InChI is InChI=1S/C23H40N2O5/c1-16(2)9-10-18-22(3,30-18)20-19(27-4)17(11-12-23(20)15-28-23)29-21(26)25-14-8-6-5-7-13-24/h9,17-20H,5-8,10-15,24H2,1-4H3,(H,25,26)/t17-,18+,19?,20?,22?,23-/m0/s1. The molecule has 0 aromatic heterocycles. The molecular formula is C23H40N2O5. The summed E-state index contributed by atoms with van der Waals surface area (Å²) in [5.41, 5.74) is 6.28. The molecule has 1 amide bonds. The SMILES string of the molecule is COC1C(C2(C)O[C@@H]2CC=C(C)C)[C@]2(CC[C@@H]1OC(=O)NCCCCCCN)CO2. The summed E-state index contributed by atoms with van der Waals surface area (Å²) in [6, 6.07) is 0. The van der Waals surface area contributed by atoms with Gasteiger partial charge in [-0.1, -0.05) is 24.5 Å². The molecule has 0 aromatic carbocycles. The lowest BCUT2D eigenvalue weighted by Gasteiger charge is -2.42. The molecule has 7 nitrogen and oxygen atoms in total. The number of carbonyl (C=O) groups excluding carboxylic acids is 1. The Morgan fingerprint density at radius 3 is 2.63 bits per heavy atom. The van der Waals surface area contributed by atoms with E-state index in [4.69, 9.17) is 24.7 Å². The second kappa shape index (κ2) is 9.98. The number of carbonyl (C=O) groups is 1. The van der Waals surface area contributed by atoms with Crippen molar-refractivity contribution in [3.8, 4) is 0 Å². The van der Waals surface area contributed by atoms with Crippen LogP contribution in [0.2, 0.25) is 0 Å². The van der Waals surface area contributed by atoms with Crippen molar-refractivity contribution in [3.63, 3.8) is 0 Å². The molecule has 1 saturated carbocycles. The normalized spacial score (nSPS) is 37.0. The van der Waals surface area contributed by atoms with Gasteiger partial charge >= 0.3 is 6.09 Å². The number of nitrogens with one attached hydrogen (secondary N) is 1. The summed E-state index contributed by atoms with van der Waals surface area (Å²) in [5.74, 6) is 0.0494. The molecule has 172 valence electrons. The number of unbranched alkanes of at least 4 members (excludes halogenated alkanes) is 3. The zero-order valence-corrected chi connectivity index (χ0v) is 19.1. The van der Waals surface area contributed by atoms with Gasteiger partial charge in [-0.3, -0.25) is 0 Å². The summed E-state index contributed by atoms with van der Waals surface area (Å²) < 4.78 is 23.9. The molecule has 6 atom stereocenters. The van der Waals surface area contributed by atoms with Gasteiger partial charge in [-0.25, -0.2) is 4.79 Å². The highest BCUT2D eigenvalue weighted by atomic mass is 16.6. The Morgan fingerprint density at radius 2 is 2.00 bits per heavy atom. The predicted molar refractivity (Wildman–Crippen MR) is 115 cm³/mol. The van der Waals surface area contributed by atoms with Crippen LogP contribution in [0.1, 0.15) is 65.7 Å². The molecule has 30 heavy (non-hydrogen) atoms. The van der Waals surface area contributed by atoms with E-state index in [0.717, 1.165) is 58.1 Å². The Labute approximate surface area is 181 Å². The molecule has 0 bridgehead atoms. The highest BCUT2D eigenvalue weighted by Gasteiger charge is 2.72. The second-order valence-corrected chi connectivity index (χ2v) is 9.45. The number of nitrogens with two attached hydrogens (primary N) is 1. The van der Waals surface area contributed by atoms with E-state index in [2.05, 4.69) is 32.2 Å². The largest absolute Gasteiger partial charge is 0.443 e. The van der Waals surface area contributed by atoms with E-state index in [1.807, 2.05) is 0 Å². The average molecular weight is 425 g/mol. The van der Waals surface area contributed by atoms with Crippen molar-refractivity contribution in [2.24, 2.45) is 11.7 Å². The Balaban J connectivity index is 1.56. The summed E-state index contributed by atoms with van der Waals surface area (Å²) >= 11 is 0. The third-order valence-electron chi connectivity index (χ3n) is 6.90. The zero-order valence-electron chi connectivity index (χ0n) is 19.1. The van der Waals surface area contributed by atoms with Gasteiger partial charge in [0.15, 0.2) is 0 Å². The van der Waals surface area contributed by atoms with Gasteiger partial charge in [0.1, 0.15) is 23.4 Å². The first-order valence-corrected chi connectivity index (χ1v) is 11.5. The first-order chi connectivity index (χ1) is 14.4. The van der Waals surface area contributed by atoms with Crippen LogP contribution in [-0.4, -0.2) is 62.4 Å². The van der Waals surface area contributed by atoms with Crippen LogP contribution >= 0.6 is 0 Å². The molecule has 1 aliphatic carbocycles. The molecule has 3 fully saturated rings. The Bertz CT molecular complexity index is 617. The van der Waals surface area contributed by atoms with Crippen molar-refractivity contribution >= 4 is 6.09 Å². The average Bonchev–Trinajstić information content (AvgIpc) is 3.62. The van der Waals surface area contributed by atoms with Crippen LogP contribution in [0.25, 0.3) is 0 Å². The van der Waals surface area contributed by atoms with Crippen molar-refractivity contribution in [3.05, 3.63) is 11.6 Å². The lowest BCUT2D eigenvalue weighted by molar-refractivity contribution is -0.118. The third-order valence-corrected chi connectivity index (χ3v) is 6.90. The highest BCUT2D eigenvalue weighted by Crippen LogP contribution is 2.59. The smallest absolute Gasteiger partial charge is 0.407 e. The molecule has 0 radical (unpaired) electrons. The lowest BCUT2D eigenvalue weighted by Crippen LogP contribution is -2.56. The number of rotatable bonds is 11. The zero-order chi connectivity index (χ0) is 21.8. The van der Waals surface area contributed by atoms with Gasteiger partial charge < -0.3 is 30.0 Å². The molecule has 2 heterocycles. The number of methoxy groups -OCH3 is 1. The number of hydrogen-bond acceptors (Lipinski definition) is 6. The van der Waals surface area contributed by atoms with Crippen LogP contribution in [0.5, 0.6) is 0 Å². The molecule has 3 aliphatic rings. The molecular weight excluding hydrogens is 384 g/mol.